The normalized spacial score (nSPS) is 21.7. The number of nitrogens with one attached hydrogen (secondary N) is 1. The molecule has 144 valence electrons. The lowest BCUT2D eigenvalue weighted by Gasteiger charge is -2.44. The second-order valence-corrected chi connectivity index (χ2v) is 9.29. The number of carbonyl (C=O) groups excluding carboxylic acids is 1. The number of hydrogen-bond donors (Lipinski definition) is 1. The number of H-pyrrole nitrogens is 1. The zero-order chi connectivity index (χ0) is 19.1. The quantitative estimate of drug-likeness (QED) is 0.793. The highest BCUT2D eigenvalue weighted by Crippen LogP contribution is 2.38. The third-order valence-electron chi connectivity index (χ3n) is 5.49. The molecule has 0 saturated carbocycles. The first-order valence-corrected chi connectivity index (χ1v) is 10.3. The Morgan fingerprint density at radius 2 is 2.00 bits per heavy atom. The van der Waals surface area contributed by atoms with Crippen LogP contribution in [0.25, 0.3) is 0 Å². The van der Waals surface area contributed by atoms with Gasteiger partial charge in [-0.3, -0.25) is 9.89 Å². The van der Waals surface area contributed by atoms with E-state index >= 15 is 0 Å². The van der Waals surface area contributed by atoms with Crippen molar-refractivity contribution >= 4 is 15.9 Å². The average molecular weight is 390 g/mol. The lowest BCUT2D eigenvalue weighted by Crippen LogP contribution is -2.51. The molecular weight excluding hydrogens is 368 g/mol. The highest BCUT2D eigenvalue weighted by Gasteiger charge is 2.42. The number of benzene rings is 1. The Hall–Kier alpha value is -2.39. The van der Waals surface area contributed by atoms with E-state index in [1.165, 1.54) is 10.5 Å². The maximum absolute atomic E-state index is 12.9. The number of rotatable bonds is 1. The van der Waals surface area contributed by atoms with Crippen molar-refractivity contribution in [2.24, 2.45) is 5.41 Å². The molecule has 1 aromatic carbocycles. The fourth-order valence-electron chi connectivity index (χ4n) is 3.82. The monoisotopic (exact) mass is 390 g/mol. The van der Waals surface area contributed by atoms with Crippen molar-refractivity contribution in [3.05, 3.63) is 42.2 Å². The summed E-state index contributed by atoms with van der Waals surface area (Å²) in [6.07, 6.45) is 4.46. The first kappa shape index (κ1) is 18.0. The highest BCUT2D eigenvalue weighted by molar-refractivity contribution is 7.89. The van der Waals surface area contributed by atoms with Gasteiger partial charge in [0.25, 0.3) is 5.91 Å². The molecule has 9 heteroatoms. The zero-order valence-corrected chi connectivity index (χ0v) is 15.9. The summed E-state index contributed by atoms with van der Waals surface area (Å²) < 4.78 is 33.2. The summed E-state index contributed by atoms with van der Waals surface area (Å²) in [5, 5.41) is 6.48. The van der Waals surface area contributed by atoms with Crippen LogP contribution in [0.3, 0.4) is 0 Å². The fraction of sp³-hybridized carbons (Fsp3) is 0.444. The Kier molecular flexibility index (Phi) is 4.43. The summed E-state index contributed by atoms with van der Waals surface area (Å²) in [7, 11) is -1.99. The molecule has 0 radical (unpaired) electrons. The van der Waals surface area contributed by atoms with Crippen LogP contribution in [-0.2, 0) is 10.0 Å². The first-order chi connectivity index (χ1) is 12.9. The minimum atomic E-state index is -3.61. The number of amides is 1. The Labute approximate surface area is 158 Å². The standard InChI is InChI=1S/C18H22N4O4S/c1-21-12-18(13-26-15-4-2-3-5-16(15)27(21,24)25)6-8-22(9-7-18)17(23)14-10-19-20-11-14/h2-5,10-11H,6-9,12-13H2,1H3,(H,19,20). The van der Waals surface area contributed by atoms with Gasteiger partial charge in [-0.2, -0.15) is 5.10 Å². The van der Waals surface area contributed by atoms with Crippen LogP contribution in [0, 0.1) is 5.41 Å². The molecule has 1 amide bonds. The van der Waals surface area contributed by atoms with Crippen LogP contribution >= 0.6 is 0 Å². The van der Waals surface area contributed by atoms with Crippen molar-refractivity contribution in [3.63, 3.8) is 0 Å². The van der Waals surface area contributed by atoms with Gasteiger partial charge in [0.05, 0.1) is 18.4 Å². The predicted molar refractivity (Wildman–Crippen MR) is 97.9 cm³/mol. The first-order valence-electron chi connectivity index (χ1n) is 8.88. The molecule has 4 rings (SSSR count). The molecule has 3 heterocycles. The summed E-state index contributed by atoms with van der Waals surface area (Å²) in [6, 6.07) is 6.74. The number of aromatic nitrogens is 2. The van der Waals surface area contributed by atoms with Gasteiger partial charge in [0.1, 0.15) is 10.6 Å². The van der Waals surface area contributed by atoms with E-state index < -0.39 is 10.0 Å². The number of nitrogens with zero attached hydrogens (tertiary/aromatic N) is 3. The molecule has 0 unspecified atom stereocenters. The van der Waals surface area contributed by atoms with Crippen molar-refractivity contribution in [1.29, 1.82) is 0 Å². The van der Waals surface area contributed by atoms with Crippen molar-refractivity contribution in [2.75, 3.05) is 33.3 Å². The number of hydrogen-bond acceptors (Lipinski definition) is 5. The van der Waals surface area contributed by atoms with Crippen LogP contribution in [0.5, 0.6) is 5.75 Å². The molecule has 2 aromatic rings. The van der Waals surface area contributed by atoms with Crippen LogP contribution in [-0.4, -0.2) is 67.0 Å². The van der Waals surface area contributed by atoms with E-state index in [2.05, 4.69) is 10.2 Å². The fourth-order valence-corrected chi connectivity index (χ4v) is 5.23. The van der Waals surface area contributed by atoms with E-state index in [4.69, 9.17) is 4.74 Å². The van der Waals surface area contributed by atoms with Crippen molar-refractivity contribution < 1.29 is 17.9 Å². The second-order valence-electron chi connectivity index (χ2n) is 7.28. The van der Waals surface area contributed by atoms with Crippen molar-refractivity contribution in [2.45, 2.75) is 17.7 Å². The minimum Gasteiger partial charge on any atom is -0.492 e. The number of carbonyl (C=O) groups is 1. The molecule has 1 aromatic heterocycles. The van der Waals surface area contributed by atoms with Crippen LogP contribution in [0.2, 0.25) is 0 Å². The summed E-state index contributed by atoms with van der Waals surface area (Å²) in [6.45, 7) is 1.92. The summed E-state index contributed by atoms with van der Waals surface area (Å²) >= 11 is 0. The van der Waals surface area contributed by atoms with Gasteiger partial charge in [0, 0.05) is 38.3 Å². The van der Waals surface area contributed by atoms with Crippen LogP contribution in [0.4, 0.5) is 0 Å². The van der Waals surface area contributed by atoms with Crippen molar-refractivity contribution in [3.8, 4) is 5.75 Å². The van der Waals surface area contributed by atoms with E-state index in [1.807, 2.05) is 0 Å². The zero-order valence-electron chi connectivity index (χ0n) is 15.1. The lowest BCUT2D eigenvalue weighted by molar-refractivity contribution is 0.0325. The molecule has 1 spiro atoms. The Morgan fingerprint density at radius 1 is 1.26 bits per heavy atom. The molecule has 8 nitrogen and oxygen atoms in total. The Morgan fingerprint density at radius 3 is 2.70 bits per heavy atom. The number of aromatic amines is 1. The van der Waals surface area contributed by atoms with Gasteiger partial charge in [-0.15, -0.1) is 0 Å². The van der Waals surface area contributed by atoms with Crippen LogP contribution < -0.4 is 4.74 Å². The van der Waals surface area contributed by atoms with E-state index in [0.717, 1.165) is 0 Å². The summed E-state index contributed by atoms with van der Waals surface area (Å²) in [5.74, 6) is 0.331. The van der Waals surface area contributed by atoms with Gasteiger partial charge < -0.3 is 9.64 Å². The Balaban J connectivity index is 1.55. The minimum absolute atomic E-state index is 0.0586. The molecule has 1 saturated heterocycles. The van der Waals surface area contributed by atoms with E-state index in [-0.39, 0.29) is 16.2 Å². The average Bonchev–Trinajstić information content (AvgIpc) is 3.21. The molecule has 2 aliphatic rings. The number of sulfonamides is 1. The molecular formula is C18H22N4O4S. The van der Waals surface area contributed by atoms with Gasteiger partial charge in [0.2, 0.25) is 10.0 Å². The summed E-state index contributed by atoms with van der Waals surface area (Å²) in [4.78, 5) is 14.5. The third kappa shape index (κ3) is 3.21. The number of para-hydroxylation sites is 1. The van der Waals surface area contributed by atoms with Crippen LogP contribution in [0.1, 0.15) is 23.2 Å². The Bertz CT molecular complexity index is 934. The smallest absolute Gasteiger partial charge is 0.257 e. The number of fused-ring (bicyclic) bond motifs is 1. The maximum Gasteiger partial charge on any atom is 0.257 e. The molecule has 27 heavy (non-hydrogen) atoms. The maximum atomic E-state index is 12.9. The highest BCUT2D eigenvalue weighted by atomic mass is 32.2. The van der Waals surface area contributed by atoms with Gasteiger partial charge in [-0.05, 0) is 25.0 Å². The molecule has 0 aliphatic carbocycles. The molecule has 1 fully saturated rings. The molecule has 1 N–H and O–H groups in total. The lowest BCUT2D eigenvalue weighted by atomic mass is 9.78. The van der Waals surface area contributed by atoms with E-state index in [9.17, 15) is 13.2 Å². The summed E-state index contributed by atoms with van der Waals surface area (Å²) in [5.41, 5.74) is 0.219. The SMILES string of the molecule is CN1CC2(CCN(C(=O)c3cn[nH]c3)CC2)COc2ccccc2S1(=O)=O. The van der Waals surface area contributed by atoms with Gasteiger partial charge in [-0.25, -0.2) is 12.7 Å². The predicted octanol–water partition coefficient (Wildman–Crippen LogP) is 1.35. The second kappa shape index (κ2) is 6.65. The number of ether oxygens (including phenoxy) is 1. The van der Waals surface area contributed by atoms with Gasteiger partial charge >= 0.3 is 0 Å². The molecule has 0 bridgehead atoms. The number of likely N-dealkylation sites (tertiary alicyclic amines) is 1. The molecule has 0 atom stereocenters. The van der Waals surface area contributed by atoms with Gasteiger partial charge in [0.15, 0.2) is 0 Å². The number of piperidine rings is 1. The van der Waals surface area contributed by atoms with Crippen LogP contribution in [0.15, 0.2) is 41.6 Å². The molecule has 2 aliphatic heterocycles. The van der Waals surface area contributed by atoms with Crippen molar-refractivity contribution in [1.82, 2.24) is 19.4 Å². The largest absolute Gasteiger partial charge is 0.492 e. The van der Waals surface area contributed by atoms with Gasteiger partial charge in [-0.1, -0.05) is 12.1 Å². The topological polar surface area (TPSA) is 95.6 Å². The third-order valence-corrected chi connectivity index (χ3v) is 7.33. The van der Waals surface area contributed by atoms with E-state index in [1.54, 1.807) is 42.4 Å². The van der Waals surface area contributed by atoms with E-state index in [0.29, 0.717) is 50.4 Å².